The molecule has 0 aliphatic carbocycles. The number of hydrogen-bond acceptors (Lipinski definition) is 4. The average Bonchev–Trinajstić information content (AvgIpc) is 2.98. The highest BCUT2D eigenvalue weighted by Crippen LogP contribution is 2.33. The number of hydrogen-bond donors (Lipinski definition) is 1. The van der Waals surface area contributed by atoms with Crippen LogP contribution in [0.15, 0.2) is 48.5 Å². The van der Waals surface area contributed by atoms with Gasteiger partial charge in [0.25, 0.3) is 5.91 Å². The molecule has 2 heterocycles. The van der Waals surface area contributed by atoms with E-state index in [9.17, 15) is 18.8 Å². The number of methoxy groups -OCH3 is 1. The maximum absolute atomic E-state index is 13.4. The molecule has 174 valence electrons. The molecule has 0 spiro atoms. The van der Waals surface area contributed by atoms with E-state index < -0.39 is 23.3 Å². The molecule has 2 aromatic carbocycles. The van der Waals surface area contributed by atoms with E-state index in [0.29, 0.717) is 12.1 Å². The summed E-state index contributed by atoms with van der Waals surface area (Å²) in [4.78, 5) is 42.0. The van der Waals surface area contributed by atoms with Crippen molar-refractivity contribution in [3.63, 3.8) is 0 Å². The second-order valence-electron chi connectivity index (χ2n) is 8.68. The quantitative estimate of drug-likeness (QED) is 0.700. The molecule has 0 bridgehead atoms. The normalized spacial score (nSPS) is 23.3. The third-order valence-electron chi connectivity index (χ3n) is 6.56. The van der Waals surface area contributed by atoms with Crippen molar-refractivity contribution >= 4 is 17.8 Å². The van der Waals surface area contributed by atoms with E-state index in [2.05, 4.69) is 5.32 Å². The number of nitrogens with one attached hydrogen (secondary N) is 1. The summed E-state index contributed by atoms with van der Waals surface area (Å²) in [6, 6.07) is 12.3. The highest BCUT2D eigenvalue weighted by molar-refractivity contribution is 6.09. The monoisotopic (exact) mass is 453 g/mol. The predicted molar refractivity (Wildman–Crippen MR) is 120 cm³/mol. The number of nitrogens with zero attached hydrogens (tertiary/aromatic N) is 2. The van der Waals surface area contributed by atoms with Crippen molar-refractivity contribution in [1.82, 2.24) is 15.1 Å². The first-order valence-electron chi connectivity index (χ1n) is 11.2. The number of carbonyl (C=O) groups excluding carboxylic acids is 3. The summed E-state index contributed by atoms with van der Waals surface area (Å²) in [6.45, 7) is 1.79. The largest absolute Gasteiger partial charge is 0.497 e. The molecule has 33 heavy (non-hydrogen) atoms. The lowest BCUT2D eigenvalue weighted by atomic mass is 9.92. The number of halogens is 1. The van der Waals surface area contributed by atoms with Crippen LogP contribution >= 0.6 is 0 Å². The fraction of sp³-hybridized carbons (Fsp3) is 0.400. The first-order chi connectivity index (χ1) is 15.8. The molecule has 0 aromatic heterocycles. The van der Waals surface area contributed by atoms with Gasteiger partial charge in [-0.05, 0) is 55.2 Å². The van der Waals surface area contributed by atoms with Gasteiger partial charge >= 0.3 is 6.03 Å². The van der Waals surface area contributed by atoms with Crippen LogP contribution in [0.5, 0.6) is 5.75 Å². The van der Waals surface area contributed by atoms with Crippen LogP contribution in [0.1, 0.15) is 49.8 Å². The lowest BCUT2D eigenvalue weighted by Gasteiger charge is -2.32. The van der Waals surface area contributed by atoms with Crippen molar-refractivity contribution in [3.8, 4) is 5.75 Å². The Morgan fingerprint density at radius 2 is 1.79 bits per heavy atom. The van der Waals surface area contributed by atoms with Gasteiger partial charge < -0.3 is 15.0 Å². The number of imide groups is 1. The second-order valence-corrected chi connectivity index (χ2v) is 8.68. The van der Waals surface area contributed by atoms with Gasteiger partial charge in [-0.25, -0.2) is 9.18 Å². The average molecular weight is 454 g/mol. The SMILES string of the molecule is COc1ccc([C@@H]2CCCCCN2C(=O)CN2C(=O)N[C@@](C)(c3ccc(F)cc3)C2=O)cc1. The Kier molecular flexibility index (Phi) is 6.35. The Bertz CT molecular complexity index is 1040. The zero-order valence-electron chi connectivity index (χ0n) is 18.8. The van der Waals surface area contributed by atoms with Crippen LogP contribution in [0.25, 0.3) is 0 Å². The van der Waals surface area contributed by atoms with Crippen LogP contribution in [0, 0.1) is 5.82 Å². The summed E-state index contributed by atoms with van der Waals surface area (Å²) in [6.07, 6.45) is 3.69. The Labute approximate surface area is 192 Å². The zero-order valence-corrected chi connectivity index (χ0v) is 18.8. The summed E-state index contributed by atoms with van der Waals surface area (Å²) in [5.74, 6) is -0.491. The van der Waals surface area contributed by atoms with Crippen molar-refractivity contribution in [3.05, 3.63) is 65.5 Å². The van der Waals surface area contributed by atoms with E-state index >= 15 is 0 Å². The summed E-state index contributed by atoms with van der Waals surface area (Å²) >= 11 is 0. The molecule has 7 nitrogen and oxygen atoms in total. The lowest BCUT2D eigenvalue weighted by Crippen LogP contribution is -2.45. The van der Waals surface area contributed by atoms with Gasteiger partial charge in [-0.1, -0.05) is 37.1 Å². The van der Waals surface area contributed by atoms with Crippen LogP contribution < -0.4 is 10.1 Å². The van der Waals surface area contributed by atoms with Crippen LogP contribution in [-0.4, -0.2) is 47.8 Å². The summed E-state index contributed by atoms with van der Waals surface area (Å²) in [5, 5.41) is 2.67. The first kappa shape index (κ1) is 22.8. The van der Waals surface area contributed by atoms with Crippen molar-refractivity contribution in [2.24, 2.45) is 0 Å². The molecular weight excluding hydrogens is 425 g/mol. The van der Waals surface area contributed by atoms with Crippen molar-refractivity contribution in [2.45, 2.75) is 44.2 Å². The van der Waals surface area contributed by atoms with E-state index in [1.165, 1.54) is 24.3 Å². The smallest absolute Gasteiger partial charge is 0.325 e. The number of ether oxygens (including phenoxy) is 1. The zero-order chi connectivity index (χ0) is 23.6. The third-order valence-corrected chi connectivity index (χ3v) is 6.56. The van der Waals surface area contributed by atoms with Gasteiger partial charge in [0.05, 0.1) is 13.2 Å². The number of amides is 4. The fourth-order valence-corrected chi connectivity index (χ4v) is 4.62. The number of rotatable bonds is 5. The van der Waals surface area contributed by atoms with E-state index in [1.54, 1.807) is 18.9 Å². The van der Waals surface area contributed by atoms with Gasteiger partial charge in [0, 0.05) is 6.54 Å². The molecule has 0 radical (unpaired) electrons. The number of carbonyl (C=O) groups is 3. The molecule has 4 amide bonds. The van der Waals surface area contributed by atoms with E-state index in [0.717, 1.165) is 41.9 Å². The Morgan fingerprint density at radius 3 is 2.45 bits per heavy atom. The highest BCUT2D eigenvalue weighted by Gasteiger charge is 2.50. The summed E-state index contributed by atoms with van der Waals surface area (Å²) in [7, 11) is 1.61. The van der Waals surface area contributed by atoms with E-state index in [1.807, 2.05) is 24.3 Å². The van der Waals surface area contributed by atoms with Crippen LogP contribution in [-0.2, 0) is 15.1 Å². The highest BCUT2D eigenvalue weighted by atomic mass is 19.1. The van der Waals surface area contributed by atoms with E-state index in [4.69, 9.17) is 4.74 Å². The first-order valence-corrected chi connectivity index (χ1v) is 11.2. The molecule has 2 aliphatic heterocycles. The number of likely N-dealkylation sites (tertiary alicyclic amines) is 1. The summed E-state index contributed by atoms with van der Waals surface area (Å²) in [5.41, 5.74) is 0.113. The predicted octanol–water partition coefficient (Wildman–Crippen LogP) is 3.75. The second kappa shape index (κ2) is 9.21. The lowest BCUT2D eigenvalue weighted by molar-refractivity contribution is -0.140. The summed E-state index contributed by atoms with van der Waals surface area (Å²) < 4.78 is 18.6. The van der Waals surface area contributed by atoms with Crippen LogP contribution in [0.3, 0.4) is 0 Å². The van der Waals surface area contributed by atoms with Crippen LogP contribution in [0.4, 0.5) is 9.18 Å². The maximum Gasteiger partial charge on any atom is 0.325 e. The molecule has 0 unspecified atom stereocenters. The van der Waals surface area contributed by atoms with Gasteiger partial charge in [0.15, 0.2) is 0 Å². The minimum Gasteiger partial charge on any atom is -0.497 e. The number of urea groups is 1. The van der Waals surface area contributed by atoms with Crippen molar-refractivity contribution in [1.29, 1.82) is 0 Å². The molecule has 2 aliphatic rings. The van der Waals surface area contributed by atoms with Crippen LogP contribution in [0.2, 0.25) is 0 Å². The Morgan fingerprint density at radius 1 is 1.09 bits per heavy atom. The molecule has 2 fully saturated rings. The number of benzene rings is 2. The minimum absolute atomic E-state index is 0.129. The minimum atomic E-state index is -1.35. The molecule has 1 N–H and O–H groups in total. The fourth-order valence-electron chi connectivity index (χ4n) is 4.62. The van der Waals surface area contributed by atoms with Gasteiger partial charge in [-0.15, -0.1) is 0 Å². The van der Waals surface area contributed by atoms with E-state index in [-0.39, 0.29) is 18.5 Å². The molecular formula is C25H28FN3O4. The maximum atomic E-state index is 13.4. The Hall–Kier alpha value is -3.42. The molecule has 2 atom stereocenters. The van der Waals surface area contributed by atoms with Gasteiger partial charge in [-0.3, -0.25) is 14.5 Å². The Balaban J connectivity index is 1.54. The third kappa shape index (κ3) is 4.42. The molecule has 8 heteroatoms. The van der Waals surface area contributed by atoms with Gasteiger partial charge in [-0.2, -0.15) is 0 Å². The standard InChI is InChI=1S/C25H28FN3O4/c1-25(18-9-11-19(26)12-10-18)23(31)29(24(32)27-25)16-22(30)28-15-5-3-4-6-21(28)17-7-13-20(33-2)14-8-17/h7-14,21H,3-6,15-16H2,1-2H3,(H,27,32)/t21-,25-/m0/s1. The van der Waals surface area contributed by atoms with Gasteiger partial charge in [0.1, 0.15) is 23.7 Å². The topological polar surface area (TPSA) is 79.0 Å². The molecule has 4 rings (SSSR count). The molecule has 2 aromatic rings. The molecule has 0 saturated carbocycles. The van der Waals surface area contributed by atoms with Crippen molar-refractivity contribution in [2.75, 3.05) is 20.2 Å². The van der Waals surface area contributed by atoms with Crippen molar-refractivity contribution < 1.29 is 23.5 Å². The van der Waals surface area contributed by atoms with Gasteiger partial charge in [0.2, 0.25) is 5.91 Å². The molecule has 2 saturated heterocycles.